The molecule has 0 atom stereocenters. The fraction of sp³-hybridized carbons (Fsp3) is 0.615. The first-order valence-electron chi connectivity index (χ1n) is 6.42. The predicted molar refractivity (Wildman–Crippen MR) is 67.2 cm³/mol. The van der Waals surface area contributed by atoms with Crippen LogP contribution in [0.3, 0.4) is 0 Å². The lowest BCUT2D eigenvalue weighted by atomic mass is 10.1. The summed E-state index contributed by atoms with van der Waals surface area (Å²) in [5.74, 6) is 1.04. The molecule has 0 radical (unpaired) electrons. The molecule has 1 amide bonds. The standard InChI is InChI=1S/C13H20N2O3/c1-3-14(4-2)9-11-5-6-12(18-11)13(17)15-7-10(16)8-15/h5-6,10,16H,3-4,7-9H2,1-2H3. The third-order valence-corrected chi connectivity index (χ3v) is 3.30. The molecule has 2 heterocycles. The number of aliphatic hydroxyl groups is 1. The summed E-state index contributed by atoms with van der Waals surface area (Å²) in [6, 6.07) is 3.56. The average Bonchev–Trinajstić information content (AvgIpc) is 2.79. The van der Waals surface area contributed by atoms with Crippen molar-refractivity contribution in [3.05, 3.63) is 23.7 Å². The number of β-amino-alcohol motifs (C(OH)–C–C–N with tert-alkyl or cyclic N) is 1. The topological polar surface area (TPSA) is 56.9 Å². The van der Waals surface area contributed by atoms with Crippen LogP contribution >= 0.6 is 0 Å². The Hall–Kier alpha value is -1.33. The van der Waals surface area contributed by atoms with Crippen molar-refractivity contribution in [3.8, 4) is 0 Å². The van der Waals surface area contributed by atoms with Gasteiger partial charge in [-0.25, -0.2) is 0 Å². The third kappa shape index (κ3) is 2.73. The van der Waals surface area contributed by atoms with Gasteiger partial charge in [0.05, 0.1) is 12.6 Å². The van der Waals surface area contributed by atoms with Gasteiger partial charge in [0.2, 0.25) is 0 Å². The van der Waals surface area contributed by atoms with E-state index in [9.17, 15) is 9.90 Å². The van der Waals surface area contributed by atoms with Crippen LogP contribution < -0.4 is 0 Å². The van der Waals surface area contributed by atoms with Gasteiger partial charge in [0.1, 0.15) is 5.76 Å². The molecule has 1 fully saturated rings. The van der Waals surface area contributed by atoms with Crippen LogP contribution in [0.25, 0.3) is 0 Å². The van der Waals surface area contributed by atoms with Crippen molar-refractivity contribution in [2.45, 2.75) is 26.5 Å². The van der Waals surface area contributed by atoms with Crippen LogP contribution in [0.1, 0.15) is 30.2 Å². The fourth-order valence-electron chi connectivity index (χ4n) is 2.02. The van der Waals surface area contributed by atoms with E-state index in [0.29, 0.717) is 18.8 Å². The van der Waals surface area contributed by atoms with E-state index < -0.39 is 0 Å². The zero-order chi connectivity index (χ0) is 13.1. The summed E-state index contributed by atoms with van der Waals surface area (Å²) in [7, 11) is 0. The lowest BCUT2D eigenvalue weighted by Gasteiger charge is -2.35. The maximum atomic E-state index is 11.9. The van der Waals surface area contributed by atoms with Gasteiger partial charge in [-0.2, -0.15) is 0 Å². The second kappa shape index (κ2) is 5.54. The van der Waals surface area contributed by atoms with Crippen LogP contribution in [0.4, 0.5) is 0 Å². The summed E-state index contributed by atoms with van der Waals surface area (Å²) >= 11 is 0. The van der Waals surface area contributed by atoms with E-state index in [1.807, 2.05) is 6.07 Å². The van der Waals surface area contributed by atoms with Crippen LogP contribution in [-0.4, -0.2) is 53.1 Å². The maximum absolute atomic E-state index is 11.9. The highest BCUT2D eigenvalue weighted by atomic mass is 16.4. The molecule has 1 aliphatic rings. The van der Waals surface area contributed by atoms with Crippen molar-refractivity contribution in [3.63, 3.8) is 0 Å². The number of hydrogen-bond acceptors (Lipinski definition) is 4. The first-order valence-corrected chi connectivity index (χ1v) is 6.42. The number of carbonyl (C=O) groups is 1. The molecule has 18 heavy (non-hydrogen) atoms. The molecule has 0 bridgehead atoms. The predicted octanol–water partition coefficient (Wildman–Crippen LogP) is 0.938. The van der Waals surface area contributed by atoms with Crippen molar-refractivity contribution < 1.29 is 14.3 Å². The van der Waals surface area contributed by atoms with Crippen LogP contribution in [0.15, 0.2) is 16.5 Å². The Balaban J connectivity index is 1.95. The zero-order valence-corrected chi connectivity index (χ0v) is 10.9. The van der Waals surface area contributed by atoms with E-state index in [1.54, 1.807) is 11.0 Å². The summed E-state index contributed by atoms with van der Waals surface area (Å²) < 4.78 is 5.56. The first-order chi connectivity index (χ1) is 8.63. The number of rotatable bonds is 5. The number of aliphatic hydroxyl groups excluding tert-OH is 1. The molecule has 0 unspecified atom stereocenters. The van der Waals surface area contributed by atoms with Crippen LogP contribution in [0, 0.1) is 0 Å². The summed E-state index contributed by atoms with van der Waals surface area (Å²) in [4.78, 5) is 15.7. The Kier molecular flexibility index (Phi) is 4.04. The number of carbonyl (C=O) groups excluding carboxylic acids is 1. The van der Waals surface area contributed by atoms with Gasteiger partial charge in [0, 0.05) is 13.1 Å². The van der Waals surface area contributed by atoms with Crippen molar-refractivity contribution in [1.82, 2.24) is 9.80 Å². The maximum Gasteiger partial charge on any atom is 0.289 e. The van der Waals surface area contributed by atoms with Gasteiger partial charge < -0.3 is 14.4 Å². The molecule has 1 saturated heterocycles. The first kappa shape index (κ1) is 13.1. The van der Waals surface area contributed by atoms with E-state index in [-0.39, 0.29) is 12.0 Å². The molecule has 1 N–H and O–H groups in total. The van der Waals surface area contributed by atoms with Crippen molar-refractivity contribution >= 4 is 5.91 Å². The van der Waals surface area contributed by atoms with E-state index >= 15 is 0 Å². The van der Waals surface area contributed by atoms with Gasteiger partial charge in [-0.3, -0.25) is 9.69 Å². The lowest BCUT2D eigenvalue weighted by molar-refractivity contribution is 0.00377. The highest BCUT2D eigenvalue weighted by molar-refractivity contribution is 5.92. The van der Waals surface area contributed by atoms with E-state index in [2.05, 4.69) is 18.7 Å². The molecule has 5 nitrogen and oxygen atoms in total. The number of likely N-dealkylation sites (tertiary alicyclic amines) is 1. The SMILES string of the molecule is CCN(CC)Cc1ccc(C(=O)N2CC(O)C2)o1. The minimum atomic E-state index is -0.376. The third-order valence-electron chi connectivity index (χ3n) is 3.30. The summed E-state index contributed by atoms with van der Waals surface area (Å²) in [5.41, 5.74) is 0. The molecule has 100 valence electrons. The van der Waals surface area contributed by atoms with Gasteiger partial charge >= 0.3 is 0 Å². The lowest BCUT2D eigenvalue weighted by Crippen LogP contribution is -2.53. The van der Waals surface area contributed by atoms with Gasteiger partial charge in [-0.15, -0.1) is 0 Å². The van der Waals surface area contributed by atoms with Crippen LogP contribution in [-0.2, 0) is 6.54 Å². The second-order valence-electron chi connectivity index (χ2n) is 4.59. The van der Waals surface area contributed by atoms with Gasteiger partial charge in [-0.1, -0.05) is 13.8 Å². The molecule has 1 aromatic heterocycles. The average molecular weight is 252 g/mol. The number of furan rings is 1. The monoisotopic (exact) mass is 252 g/mol. The molecular weight excluding hydrogens is 232 g/mol. The van der Waals surface area contributed by atoms with E-state index in [1.165, 1.54) is 0 Å². The van der Waals surface area contributed by atoms with Crippen LogP contribution in [0.2, 0.25) is 0 Å². The van der Waals surface area contributed by atoms with E-state index in [0.717, 1.165) is 25.4 Å². The minimum absolute atomic E-state index is 0.133. The Labute approximate surface area is 107 Å². The largest absolute Gasteiger partial charge is 0.455 e. The Morgan fingerprint density at radius 1 is 1.44 bits per heavy atom. The Morgan fingerprint density at radius 3 is 2.67 bits per heavy atom. The molecule has 0 spiro atoms. The van der Waals surface area contributed by atoms with Crippen molar-refractivity contribution in [1.29, 1.82) is 0 Å². The molecule has 5 heteroatoms. The van der Waals surface area contributed by atoms with Crippen molar-refractivity contribution in [2.75, 3.05) is 26.2 Å². The summed E-state index contributed by atoms with van der Waals surface area (Å²) in [6.07, 6.45) is -0.376. The summed E-state index contributed by atoms with van der Waals surface area (Å²) in [5, 5.41) is 9.17. The van der Waals surface area contributed by atoms with Crippen LogP contribution in [0.5, 0.6) is 0 Å². The molecular formula is C13H20N2O3. The van der Waals surface area contributed by atoms with E-state index in [4.69, 9.17) is 4.42 Å². The smallest absolute Gasteiger partial charge is 0.289 e. The van der Waals surface area contributed by atoms with Gasteiger partial charge in [0.25, 0.3) is 5.91 Å². The van der Waals surface area contributed by atoms with Gasteiger partial charge in [-0.05, 0) is 25.2 Å². The molecule has 1 aromatic rings. The van der Waals surface area contributed by atoms with Gasteiger partial charge in [0.15, 0.2) is 5.76 Å². The molecule has 1 aliphatic heterocycles. The normalized spacial score (nSPS) is 16.1. The Morgan fingerprint density at radius 2 is 2.11 bits per heavy atom. The highest BCUT2D eigenvalue weighted by Gasteiger charge is 2.31. The molecule has 0 aromatic carbocycles. The molecule has 0 saturated carbocycles. The minimum Gasteiger partial charge on any atom is -0.455 e. The molecule has 2 rings (SSSR count). The number of amides is 1. The highest BCUT2D eigenvalue weighted by Crippen LogP contribution is 2.16. The fourth-order valence-corrected chi connectivity index (χ4v) is 2.02. The van der Waals surface area contributed by atoms with Crippen molar-refractivity contribution in [2.24, 2.45) is 0 Å². The number of hydrogen-bond donors (Lipinski definition) is 1. The molecule has 0 aliphatic carbocycles. The quantitative estimate of drug-likeness (QED) is 0.847. The summed E-state index contributed by atoms with van der Waals surface area (Å²) in [6.45, 7) is 7.65. The zero-order valence-electron chi connectivity index (χ0n) is 10.9. The second-order valence-corrected chi connectivity index (χ2v) is 4.59. The number of nitrogens with zero attached hydrogens (tertiary/aromatic N) is 2. The Bertz CT molecular complexity index is 406.